The fraction of sp³-hybridized carbons (Fsp3) is 0.250. The van der Waals surface area contributed by atoms with E-state index in [0.717, 1.165) is 30.2 Å². The molecule has 0 atom stereocenters. The van der Waals surface area contributed by atoms with Crippen molar-refractivity contribution >= 4 is 5.82 Å². The summed E-state index contributed by atoms with van der Waals surface area (Å²) in [4.78, 5) is 4.05. The number of rotatable bonds is 5. The fourth-order valence-electron chi connectivity index (χ4n) is 1.41. The molecular formula is C12H15N5. The van der Waals surface area contributed by atoms with E-state index < -0.39 is 0 Å². The number of nitrogens with zero attached hydrogens (tertiary/aromatic N) is 3. The molecule has 0 saturated carbocycles. The Bertz CT molecular complexity index is 440. The standard InChI is InChI=1S/C12H15N5/c1-13-7-8-15-12-5-4-11(16-17-12)10-3-2-6-14-9-10/h2-6,9,13H,7-8H2,1H3,(H,15,17). The minimum atomic E-state index is 0.785. The van der Waals surface area contributed by atoms with E-state index in [1.165, 1.54) is 0 Å². The number of hydrogen-bond donors (Lipinski definition) is 2. The molecule has 88 valence electrons. The second kappa shape index (κ2) is 5.91. The average Bonchev–Trinajstić information content (AvgIpc) is 2.41. The van der Waals surface area contributed by atoms with Crippen LogP contribution in [0.25, 0.3) is 11.3 Å². The first-order valence-electron chi connectivity index (χ1n) is 5.53. The molecule has 0 bridgehead atoms. The topological polar surface area (TPSA) is 62.7 Å². The van der Waals surface area contributed by atoms with Crippen molar-refractivity contribution in [2.75, 3.05) is 25.5 Å². The zero-order valence-corrected chi connectivity index (χ0v) is 9.72. The van der Waals surface area contributed by atoms with Crippen molar-refractivity contribution in [3.63, 3.8) is 0 Å². The minimum Gasteiger partial charge on any atom is -0.367 e. The molecule has 17 heavy (non-hydrogen) atoms. The summed E-state index contributed by atoms with van der Waals surface area (Å²) in [5.74, 6) is 0.785. The lowest BCUT2D eigenvalue weighted by atomic mass is 10.2. The first kappa shape index (κ1) is 11.5. The first-order valence-corrected chi connectivity index (χ1v) is 5.53. The molecule has 0 aromatic carbocycles. The van der Waals surface area contributed by atoms with Crippen molar-refractivity contribution in [3.8, 4) is 11.3 Å². The Labute approximate surface area is 100 Å². The van der Waals surface area contributed by atoms with Crippen LogP contribution in [0.2, 0.25) is 0 Å². The van der Waals surface area contributed by atoms with Crippen molar-refractivity contribution in [2.45, 2.75) is 0 Å². The third-order valence-corrected chi connectivity index (χ3v) is 2.30. The molecule has 0 amide bonds. The van der Waals surface area contributed by atoms with Crippen molar-refractivity contribution in [1.82, 2.24) is 20.5 Å². The molecule has 0 unspecified atom stereocenters. The number of nitrogens with one attached hydrogen (secondary N) is 2. The molecule has 0 fully saturated rings. The molecule has 2 rings (SSSR count). The van der Waals surface area contributed by atoms with E-state index in [2.05, 4.69) is 25.8 Å². The average molecular weight is 229 g/mol. The van der Waals surface area contributed by atoms with Crippen LogP contribution < -0.4 is 10.6 Å². The second-order valence-corrected chi connectivity index (χ2v) is 3.58. The number of pyridine rings is 1. The van der Waals surface area contributed by atoms with Crippen LogP contribution in [0.5, 0.6) is 0 Å². The SMILES string of the molecule is CNCCNc1ccc(-c2cccnc2)nn1. The summed E-state index contributed by atoms with van der Waals surface area (Å²) in [6.07, 6.45) is 3.52. The van der Waals surface area contributed by atoms with Crippen LogP contribution in [0, 0.1) is 0 Å². The molecule has 0 saturated heterocycles. The van der Waals surface area contributed by atoms with Gasteiger partial charge < -0.3 is 10.6 Å². The van der Waals surface area contributed by atoms with Crippen LogP contribution in [0.1, 0.15) is 0 Å². The summed E-state index contributed by atoms with van der Waals surface area (Å²) in [7, 11) is 1.92. The van der Waals surface area contributed by atoms with E-state index in [9.17, 15) is 0 Å². The maximum Gasteiger partial charge on any atom is 0.148 e. The number of aromatic nitrogens is 3. The Hall–Kier alpha value is -2.01. The van der Waals surface area contributed by atoms with Crippen LogP contribution in [-0.2, 0) is 0 Å². The van der Waals surface area contributed by atoms with Gasteiger partial charge in [-0.05, 0) is 31.3 Å². The maximum atomic E-state index is 4.15. The smallest absolute Gasteiger partial charge is 0.148 e. The van der Waals surface area contributed by atoms with Gasteiger partial charge in [0, 0.05) is 31.0 Å². The highest BCUT2D eigenvalue weighted by molar-refractivity contribution is 5.57. The van der Waals surface area contributed by atoms with Gasteiger partial charge in [0.2, 0.25) is 0 Å². The lowest BCUT2D eigenvalue weighted by molar-refractivity contribution is 0.818. The third-order valence-electron chi connectivity index (χ3n) is 2.30. The Morgan fingerprint density at radius 1 is 1.12 bits per heavy atom. The predicted octanol–water partition coefficient (Wildman–Crippen LogP) is 1.17. The zero-order chi connectivity index (χ0) is 11.9. The molecule has 0 radical (unpaired) electrons. The van der Waals surface area contributed by atoms with Gasteiger partial charge in [-0.1, -0.05) is 0 Å². The first-order chi connectivity index (χ1) is 8.40. The van der Waals surface area contributed by atoms with Gasteiger partial charge >= 0.3 is 0 Å². The largest absolute Gasteiger partial charge is 0.367 e. The molecule has 0 aliphatic rings. The normalized spacial score (nSPS) is 10.2. The molecule has 5 nitrogen and oxygen atoms in total. The summed E-state index contributed by atoms with van der Waals surface area (Å²) >= 11 is 0. The Balaban J connectivity index is 2.03. The molecule has 2 aromatic rings. The van der Waals surface area contributed by atoms with E-state index in [4.69, 9.17) is 0 Å². The van der Waals surface area contributed by atoms with Gasteiger partial charge in [-0.15, -0.1) is 10.2 Å². The lowest BCUT2D eigenvalue weighted by Crippen LogP contribution is -2.18. The molecule has 2 aromatic heterocycles. The Kier molecular flexibility index (Phi) is 3.99. The lowest BCUT2D eigenvalue weighted by Gasteiger charge is -2.04. The van der Waals surface area contributed by atoms with E-state index in [1.807, 2.05) is 31.3 Å². The van der Waals surface area contributed by atoms with Crippen LogP contribution in [-0.4, -0.2) is 35.3 Å². The van der Waals surface area contributed by atoms with E-state index in [1.54, 1.807) is 12.4 Å². The van der Waals surface area contributed by atoms with Crippen molar-refractivity contribution in [3.05, 3.63) is 36.7 Å². The van der Waals surface area contributed by atoms with Crippen molar-refractivity contribution < 1.29 is 0 Å². The molecule has 2 heterocycles. The highest BCUT2D eigenvalue weighted by atomic mass is 15.2. The quantitative estimate of drug-likeness (QED) is 0.754. The number of anilines is 1. The minimum absolute atomic E-state index is 0.785. The molecule has 5 heteroatoms. The molecule has 2 N–H and O–H groups in total. The van der Waals surface area contributed by atoms with Crippen molar-refractivity contribution in [2.24, 2.45) is 0 Å². The van der Waals surface area contributed by atoms with E-state index >= 15 is 0 Å². The van der Waals surface area contributed by atoms with Crippen molar-refractivity contribution in [1.29, 1.82) is 0 Å². The number of likely N-dealkylation sites (N-methyl/N-ethyl adjacent to an activating group) is 1. The molecular weight excluding hydrogens is 214 g/mol. The van der Waals surface area contributed by atoms with Gasteiger partial charge in [0.05, 0.1) is 5.69 Å². The second-order valence-electron chi connectivity index (χ2n) is 3.58. The Morgan fingerprint density at radius 3 is 2.71 bits per heavy atom. The highest BCUT2D eigenvalue weighted by Gasteiger charge is 2.00. The molecule has 0 aliphatic heterocycles. The van der Waals surface area contributed by atoms with Crippen LogP contribution >= 0.6 is 0 Å². The summed E-state index contributed by atoms with van der Waals surface area (Å²) < 4.78 is 0. The van der Waals surface area contributed by atoms with Crippen LogP contribution in [0.15, 0.2) is 36.7 Å². The highest BCUT2D eigenvalue weighted by Crippen LogP contribution is 2.14. The monoisotopic (exact) mass is 229 g/mol. The maximum absolute atomic E-state index is 4.15. The summed E-state index contributed by atoms with van der Waals surface area (Å²) in [6, 6.07) is 7.71. The van der Waals surface area contributed by atoms with Gasteiger partial charge in [0.1, 0.15) is 5.82 Å². The molecule has 0 aliphatic carbocycles. The third kappa shape index (κ3) is 3.22. The van der Waals surface area contributed by atoms with Gasteiger partial charge in [-0.2, -0.15) is 0 Å². The van der Waals surface area contributed by atoms with Gasteiger partial charge in [-0.25, -0.2) is 0 Å². The summed E-state index contributed by atoms with van der Waals surface area (Å²) in [5.41, 5.74) is 1.80. The summed E-state index contributed by atoms with van der Waals surface area (Å²) in [6.45, 7) is 1.73. The number of hydrogen-bond acceptors (Lipinski definition) is 5. The van der Waals surface area contributed by atoms with Crippen LogP contribution in [0.3, 0.4) is 0 Å². The molecule has 0 spiro atoms. The zero-order valence-electron chi connectivity index (χ0n) is 9.72. The van der Waals surface area contributed by atoms with E-state index in [-0.39, 0.29) is 0 Å². The van der Waals surface area contributed by atoms with E-state index in [0.29, 0.717) is 0 Å². The Morgan fingerprint density at radius 2 is 2.06 bits per heavy atom. The van der Waals surface area contributed by atoms with Gasteiger partial charge in [0.25, 0.3) is 0 Å². The predicted molar refractivity (Wildman–Crippen MR) is 67.7 cm³/mol. The van der Waals surface area contributed by atoms with Gasteiger partial charge in [-0.3, -0.25) is 4.98 Å². The van der Waals surface area contributed by atoms with Crippen LogP contribution in [0.4, 0.5) is 5.82 Å². The summed E-state index contributed by atoms with van der Waals surface area (Å²) in [5, 5.41) is 14.5. The fourth-order valence-corrected chi connectivity index (χ4v) is 1.41. The van der Waals surface area contributed by atoms with Gasteiger partial charge in [0.15, 0.2) is 0 Å².